The molecule has 1 amide bonds. The number of carbonyl (C=O) groups excluding carboxylic acids is 1. The van der Waals surface area contributed by atoms with Gasteiger partial charge in [0.25, 0.3) is 5.91 Å². The van der Waals surface area contributed by atoms with Crippen molar-refractivity contribution in [1.82, 2.24) is 19.9 Å². The molecule has 1 aromatic rings. The molecule has 0 saturated carbocycles. The van der Waals surface area contributed by atoms with Gasteiger partial charge >= 0.3 is 0 Å². The highest BCUT2D eigenvalue weighted by molar-refractivity contribution is 5.86. The molecule has 0 aromatic carbocycles. The first-order valence-electron chi connectivity index (χ1n) is 9.99. The van der Waals surface area contributed by atoms with E-state index in [-0.39, 0.29) is 17.7 Å². The Kier molecular flexibility index (Phi) is 6.49. The summed E-state index contributed by atoms with van der Waals surface area (Å²) in [4.78, 5) is 21.2. The standard InChI is InChI=1S/C19H32N4O4/c1-14(2)16-20-17(27-21-16)15-5-9-22(10-6-15)13-19(25)7-4-8-23(18(19)24)11-12-26-3/h14-15,25H,4-13H2,1-3H3/t19-/m1/s1. The molecule has 3 heterocycles. The topological polar surface area (TPSA) is 91.9 Å². The Balaban J connectivity index is 1.54. The van der Waals surface area contributed by atoms with Crippen molar-refractivity contribution in [3.8, 4) is 0 Å². The maximum Gasteiger partial charge on any atom is 0.255 e. The van der Waals surface area contributed by atoms with Crippen molar-refractivity contribution in [2.75, 3.05) is 46.4 Å². The lowest BCUT2D eigenvalue weighted by molar-refractivity contribution is -0.160. The maximum absolute atomic E-state index is 12.7. The predicted molar refractivity (Wildman–Crippen MR) is 99.4 cm³/mol. The molecule has 0 aliphatic carbocycles. The number of likely N-dealkylation sites (tertiary alicyclic amines) is 2. The summed E-state index contributed by atoms with van der Waals surface area (Å²) in [6.45, 7) is 7.86. The van der Waals surface area contributed by atoms with Crippen LogP contribution in [0.3, 0.4) is 0 Å². The van der Waals surface area contributed by atoms with Crippen molar-refractivity contribution in [2.24, 2.45) is 0 Å². The monoisotopic (exact) mass is 380 g/mol. The molecule has 152 valence electrons. The van der Waals surface area contributed by atoms with Gasteiger partial charge < -0.3 is 19.3 Å². The molecule has 3 rings (SSSR count). The van der Waals surface area contributed by atoms with E-state index in [4.69, 9.17) is 9.26 Å². The Morgan fingerprint density at radius 1 is 1.33 bits per heavy atom. The molecule has 27 heavy (non-hydrogen) atoms. The molecule has 0 radical (unpaired) electrons. The van der Waals surface area contributed by atoms with Gasteiger partial charge in [-0.1, -0.05) is 19.0 Å². The molecular formula is C19H32N4O4. The van der Waals surface area contributed by atoms with E-state index in [1.165, 1.54) is 0 Å². The second kappa shape index (κ2) is 8.67. The van der Waals surface area contributed by atoms with Crippen LogP contribution >= 0.6 is 0 Å². The van der Waals surface area contributed by atoms with Crippen LogP contribution in [0, 0.1) is 0 Å². The zero-order chi connectivity index (χ0) is 19.4. The summed E-state index contributed by atoms with van der Waals surface area (Å²) in [7, 11) is 1.62. The molecular weight excluding hydrogens is 348 g/mol. The Morgan fingerprint density at radius 3 is 2.70 bits per heavy atom. The van der Waals surface area contributed by atoms with Crippen LogP contribution in [0.1, 0.15) is 63.1 Å². The van der Waals surface area contributed by atoms with Crippen LogP contribution in [-0.2, 0) is 9.53 Å². The number of nitrogens with zero attached hydrogens (tertiary/aromatic N) is 4. The molecule has 8 heteroatoms. The predicted octanol–water partition coefficient (Wildman–Crippen LogP) is 1.37. The van der Waals surface area contributed by atoms with Crippen LogP contribution < -0.4 is 0 Å². The summed E-state index contributed by atoms with van der Waals surface area (Å²) in [6, 6.07) is 0. The molecule has 2 aliphatic rings. The Bertz CT molecular complexity index is 627. The number of β-amino-alcohol motifs (C(OH)–C–C–N with tert-alkyl or cyclic N) is 1. The van der Waals surface area contributed by atoms with E-state index in [0.29, 0.717) is 32.7 Å². The van der Waals surface area contributed by atoms with Crippen molar-refractivity contribution in [2.45, 2.75) is 57.0 Å². The number of hydrogen-bond acceptors (Lipinski definition) is 7. The SMILES string of the molecule is COCCN1CCC[C@@](O)(CN2CCC(c3nc(C(C)C)no3)CC2)C1=O. The lowest BCUT2D eigenvalue weighted by Crippen LogP contribution is -2.59. The van der Waals surface area contributed by atoms with Crippen molar-refractivity contribution in [1.29, 1.82) is 0 Å². The van der Waals surface area contributed by atoms with Crippen LogP contribution in [0.2, 0.25) is 0 Å². The van der Waals surface area contributed by atoms with Crippen LogP contribution in [0.5, 0.6) is 0 Å². The molecule has 0 unspecified atom stereocenters. The van der Waals surface area contributed by atoms with Gasteiger partial charge in [-0.25, -0.2) is 0 Å². The molecule has 1 atom stereocenters. The second-order valence-electron chi connectivity index (χ2n) is 8.12. The number of aliphatic hydroxyl groups is 1. The Morgan fingerprint density at radius 2 is 2.07 bits per heavy atom. The average molecular weight is 380 g/mol. The maximum atomic E-state index is 12.7. The van der Waals surface area contributed by atoms with Gasteiger partial charge in [0, 0.05) is 38.6 Å². The number of aromatic nitrogens is 2. The van der Waals surface area contributed by atoms with E-state index >= 15 is 0 Å². The first-order chi connectivity index (χ1) is 12.9. The fraction of sp³-hybridized carbons (Fsp3) is 0.842. The highest BCUT2D eigenvalue weighted by atomic mass is 16.5. The largest absolute Gasteiger partial charge is 0.383 e. The molecule has 2 saturated heterocycles. The Hall–Kier alpha value is -1.51. The first-order valence-corrected chi connectivity index (χ1v) is 9.99. The van der Waals surface area contributed by atoms with E-state index in [2.05, 4.69) is 28.9 Å². The fourth-order valence-corrected chi connectivity index (χ4v) is 3.98. The van der Waals surface area contributed by atoms with Gasteiger partial charge in [0.1, 0.15) is 0 Å². The van der Waals surface area contributed by atoms with E-state index in [1.807, 2.05) is 0 Å². The van der Waals surface area contributed by atoms with E-state index < -0.39 is 5.60 Å². The summed E-state index contributed by atoms with van der Waals surface area (Å²) < 4.78 is 10.5. The van der Waals surface area contributed by atoms with Crippen LogP contribution in [0.4, 0.5) is 0 Å². The summed E-state index contributed by atoms with van der Waals surface area (Å²) in [5.74, 6) is 1.83. The number of rotatable bonds is 7. The van der Waals surface area contributed by atoms with Crippen LogP contribution in [0.25, 0.3) is 0 Å². The Labute approximate surface area is 160 Å². The third-order valence-electron chi connectivity index (χ3n) is 5.66. The highest BCUT2D eigenvalue weighted by Crippen LogP contribution is 2.30. The minimum absolute atomic E-state index is 0.161. The minimum atomic E-state index is -1.28. The number of hydrogen-bond donors (Lipinski definition) is 1. The molecule has 1 N–H and O–H groups in total. The van der Waals surface area contributed by atoms with Gasteiger partial charge in [0.2, 0.25) is 5.89 Å². The number of piperidine rings is 2. The summed E-state index contributed by atoms with van der Waals surface area (Å²) in [6.07, 6.45) is 3.15. The normalized spacial score (nSPS) is 25.5. The van der Waals surface area contributed by atoms with E-state index in [9.17, 15) is 9.90 Å². The number of amides is 1. The zero-order valence-corrected chi connectivity index (χ0v) is 16.7. The average Bonchev–Trinajstić information content (AvgIpc) is 3.14. The third-order valence-corrected chi connectivity index (χ3v) is 5.66. The number of carbonyl (C=O) groups is 1. The minimum Gasteiger partial charge on any atom is -0.383 e. The smallest absolute Gasteiger partial charge is 0.255 e. The summed E-state index contributed by atoms with van der Waals surface area (Å²) in [5.41, 5.74) is -1.28. The highest BCUT2D eigenvalue weighted by Gasteiger charge is 2.43. The lowest BCUT2D eigenvalue weighted by Gasteiger charge is -2.42. The molecule has 2 aliphatic heterocycles. The number of ether oxygens (including phenoxy) is 1. The second-order valence-corrected chi connectivity index (χ2v) is 8.12. The molecule has 8 nitrogen and oxygen atoms in total. The van der Waals surface area contributed by atoms with Crippen LogP contribution in [-0.4, -0.2) is 83.0 Å². The van der Waals surface area contributed by atoms with Gasteiger partial charge in [-0.15, -0.1) is 0 Å². The van der Waals surface area contributed by atoms with Gasteiger partial charge in [-0.05, 0) is 38.8 Å². The van der Waals surface area contributed by atoms with E-state index in [0.717, 1.165) is 44.1 Å². The first kappa shape index (κ1) is 20.2. The number of methoxy groups -OCH3 is 1. The zero-order valence-electron chi connectivity index (χ0n) is 16.7. The molecule has 2 fully saturated rings. The van der Waals surface area contributed by atoms with Crippen molar-refractivity contribution >= 4 is 5.91 Å². The molecule has 0 bridgehead atoms. The third kappa shape index (κ3) is 4.67. The van der Waals surface area contributed by atoms with E-state index in [1.54, 1.807) is 12.0 Å². The lowest BCUT2D eigenvalue weighted by atomic mass is 9.89. The van der Waals surface area contributed by atoms with Crippen molar-refractivity contribution in [3.63, 3.8) is 0 Å². The van der Waals surface area contributed by atoms with Gasteiger partial charge in [0.05, 0.1) is 6.61 Å². The van der Waals surface area contributed by atoms with Crippen molar-refractivity contribution in [3.05, 3.63) is 11.7 Å². The molecule has 1 aromatic heterocycles. The fourth-order valence-electron chi connectivity index (χ4n) is 3.98. The van der Waals surface area contributed by atoms with Gasteiger partial charge in [-0.3, -0.25) is 9.69 Å². The summed E-state index contributed by atoms with van der Waals surface area (Å²) in [5, 5.41) is 15.1. The van der Waals surface area contributed by atoms with Crippen LogP contribution in [0.15, 0.2) is 4.52 Å². The van der Waals surface area contributed by atoms with Gasteiger partial charge in [-0.2, -0.15) is 4.98 Å². The molecule has 0 spiro atoms. The quantitative estimate of drug-likeness (QED) is 0.764. The van der Waals surface area contributed by atoms with Crippen molar-refractivity contribution < 1.29 is 19.2 Å². The van der Waals surface area contributed by atoms with Gasteiger partial charge in [0.15, 0.2) is 11.4 Å². The summed E-state index contributed by atoms with van der Waals surface area (Å²) >= 11 is 0.